The fraction of sp³-hybridized carbons (Fsp3) is 0.200. The molecular weight excluding hydrogens is 382 g/mol. The number of hydrogen-bond donors (Lipinski definition) is 1. The topological polar surface area (TPSA) is 109 Å². The van der Waals surface area contributed by atoms with Gasteiger partial charge in [0.1, 0.15) is 18.3 Å². The van der Waals surface area contributed by atoms with Gasteiger partial charge in [-0.2, -0.15) is 10.2 Å². The summed E-state index contributed by atoms with van der Waals surface area (Å²) < 4.78 is 1.56. The summed E-state index contributed by atoms with van der Waals surface area (Å²) in [7, 11) is 0. The van der Waals surface area contributed by atoms with E-state index < -0.39 is 0 Å². The first-order chi connectivity index (χ1) is 14.8. The molecule has 30 heavy (non-hydrogen) atoms. The summed E-state index contributed by atoms with van der Waals surface area (Å²) in [5.74, 6) is 1.34. The Labute approximate surface area is 172 Å². The lowest BCUT2D eigenvalue weighted by Crippen LogP contribution is -2.49. The zero-order chi connectivity index (χ0) is 20.3. The third-order valence-corrected chi connectivity index (χ3v) is 5.06. The summed E-state index contributed by atoms with van der Waals surface area (Å²) in [6.45, 7) is 2.57. The van der Waals surface area contributed by atoms with Crippen LogP contribution in [0.15, 0.2) is 61.2 Å². The third kappa shape index (κ3) is 3.50. The van der Waals surface area contributed by atoms with Gasteiger partial charge in [-0.15, -0.1) is 10.2 Å². The van der Waals surface area contributed by atoms with Crippen molar-refractivity contribution in [1.82, 2.24) is 40.1 Å². The largest absolute Gasteiger partial charge is 0.352 e. The number of anilines is 1. The van der Waals surface area contributed by atoms with E-state index in [1.54, 1.807) is 17.1 Å². The van der Waals surface area contributed by atoms with Crippen molar-refractivity contribution in [2.75, 3.05) is 31.1 Å². The van der Waals surface area contributed by atoms with Gasteiger partial charge in [0.05, 0.1) is 5.69 Å². The number of nitrogens with one attached hydrogen (secondary N) is 1. The number of aromatic amines is 1. The second-order valence-corrected chi connectivity index (χ2v) is 6.90. The summed E-state index contributed by atoms with van der Waals surface area (Å²) in [6, 6.07) is 15.4. The standard InChI is InChI=1S/C20H19N9O/c30-20(17-12-16(23-24-17)15-4-2-1-3-5-15)28-10-8-27(9-11-28)18-6-7-19(26-25-18)29-14-21-13-22-29/h1-7,12-14H,8-11H2,(H,23,24). The van der Waals surface area contributed by atoms with Gasteiger partial charge in [0.2, 0.25) is 0 Å². The minimum atomic E-state index is -0.0445. The van der Waals surface area contributed by atoms with Crippen LogP contribution in [-0.2, 0) is 0 Å². The summed E-state index contributed by atoms with van der Waals surface area (Å²) in [5.41, 5.74) is 2.24. The molecule has 10 heteroatoms. The molecule has 1 saturated heterocycles. The summed E-state index contributed by atoms with van der Waals surface area (Å²) in [5, 5.41) is 19.7. The fourth-order valence-electron chi connectivity index (χ4n) is 3.43. The molecule has 0 spiro atoms. The van der Waals surface area contributed by atoms with Crippen molar-refractivity contribution >= 4 is 11.7 Å². The molecule has 1 aliphatic heterocycles. The van der Waals surface area contributed by atoms with E-state index in [1.807, 2.05) is 47.4 Å². The highest BCUT2D eigenvalue weighted by atomic mass is 16.2. The Morgan fingerprint density at radius 1 is 0.933 bits per heavy atom. The van der Waals surface area contributed by atoms with Gasteiger partial charge in [0.15, 0.2) is 11.6 Å². The van der Waals surface area contributed by atoms with E-state index in [9.17, 15) is 4.79 Å². The van der Waals surface area contributed by atoms with E-state index in [4.69, 9.17) is 0 Å². The molecule has 1 aliphatic rings. The number of benzene rings is 1. The second-order valence-electron chi connectivity index (χ2n) is 6.90. The molecule has 1 N–H and O–H groups in total. The molecule has 3 aromatic heterocycles. The summed E-state index contributed by atoms with van der Waals surface area (Å²) in [4.78, 5) is 20.7. The Bertz CT molecular complexity index is 1110. The predicted octanol–water partition coefficient (Wildman–Crippen LogP) is 1.41. The number of H-pyrrole nitrogens is 1. The first-order valence-electron chi connectivity index (χ1n) is 9.62. The van der Waals surface area contributed by atoms with Crippen LogP contribution in [0, 0.1) is 0 Å². The van der Waals surface area contributed by atoms with Crippen molar-refractivity contribution in [3.05, 3.63) is 66.9 Å². The lowest BCUT2D eigenvalue weighted by Gasteiger charge is -2.34. The molecule has 150 valence electrons. The van der Waals surface area contributed by atoms with Crippen molar-refractivity contribution in [3.63, 3.8) is 0 Å². The maximum atomic E-state index is 12.9. The van der Waals surface area contributed by atoms with Crippen LogP contribution in [0.4, 0.5) is 5.82 Å². The molecule has 4 aromatic rings. The van der Waals surface area contributed by atoms with Crippen LogP contribution >= 0.6 is 0 Å². The Balaban J connectivity index is 1.22. The van der Waals surface area contributed by atoms with Crippen LogP contribution in [-0.4, -0.2) is 72.1 Å². The molecule has 10 nitrogen and oxygen atoms in total. The zero-order valence-electron chi connectivity index (χ0n) is 16.1. The van der Waals surface area contributed by atoms with Gasteiger partial charge in [-0.1, -0.05) is 30.3 Å². The SMILES string of the molecule is O=C(c1cc(-c2ccccc2)n[nH]1)N1CCN(c2ccc(-n3cncn3)nn2)CC1. The van der Waals surface area contributed by atoms with Crippen LogP contribution in [0.1, 0.15) is 10.5 Å². The molecule has 1 amide bonds. The Morgan fingerprint density at radius 2 is 1.70 bits per heavy atom. The summed E-state index contributed by atoms with van der Waals surface area (Å²) >= 11 is 0. The average molecular weight is 401 g/mol. The van der Waals surface area contributed by atoms with Crippen molar-refractivity contribution in [2.24, 2.45) is 0 Å². The van der Waals surface area contributed by atoms with E-state index in [0.717, 1.165) is 17.1 Å². The number of carbonyl (C=O) groups is 1. The van der Waals surface area contributed by atoms with Gasteiger partial charge in [0, 0.05) is 31.7 Å². The Morgan fingerprint density at radius 3 is 2.40 bits per heavy atom. The highest BCUT2D eigenvalue weighted by molar-refractivity contribution is 5.93. The number of nitrogens with zero attached hydrogens (tertiary/aromatic N) is 8. The first-order valence-corrected chi connectivity index (χ1v) is 9.62. The normalized spacial score (nSPS) is 14.1. The van der Waals surface area contributed by atoms with E-state index in [-0.39, 0.29) is 5.91 Å². The van der Waals surface area contributed by atoms with Crippen molar-refractivity contribution < 1.29 is 4.79 Å². The minimum absolute atomic E-state index is 0.0445. The molecule has 0 saturated carbocycles. The molecule has 0 radical (unpaired) electrons. The Kier molecular flexibility index (Phi) is 4.64. The number of hydrogen-bond acceptors (Lipinski definition) is 7. The second kappa shape index (κ2) is 7.74. The van der Waals surface area contributed by atoms with E-state index in [1.165, 1.54) is 6.33 Å². The number of aromatic nitrogens is 7. The molecule has 1 aromatic carbocycles. The van der Waals surface area contributed by atoms with Gasteiger partial charge in [0.25, 0.3) is 5.91 Å². The maximum absolute atomic E-state index is 12.9. The minimum Gasteiger partial charge on any atom is -0.352 e. The lowest BCUT2D eigenvalue weighted by molar-refractivity contribution is 0.0740. The first kappa shape index (κ1) is 18.0. The molecule has 0 atom stereocenters. The Hall–Kier alpha value is -4.08. The number of piperazine rings is 1. The van der Waals surface area contributed by atoms with Crippen LogP contribution in [0.25, 0.3) is 17.1 Å². The van der Waals surface area contributed by atoms with Crippen LogP contribution in [0.3, 0.4) is 0 Å². The quantitative estimate of drug-likeness (QED) is 0.551. The van der Waals surface area contributed by atoms with Crippen LogP contribution in [0.5, 0.6) is 0 Å². The maximum Gasteiger partial charge on any atom is 0.272 e. The van der Waals surface area contributed by atoms with Crippen molar-refractivity contribution in [2.45, 2.75) is 0 Å². The van der Waals surface area contributed by atoms with Gasteiger partial charge < -0.3 is 9.80 Å². The van der Waals surface area contributed by atoms with Gasteiger partial charge in [-0.05, 0) is 18.2 Å². The molecule has 5 rings (SSSR count). The molecule has 0 unspecified atom stereocenters. The highest BCUT2D eigenvalue weighted by Crippen LogP contribution is 2.19. The van der Waals surface area contributed by atoms with Crippen molar-refractivity contribution in [3.8, 4) is 17.1 Å². The molecule has 4 heterocycles. The third-order valence-electron chi connectivity index (χ3n) is 5.06. The number of rotatable bonds is 4. The van der Waals surface area contributed by atoms with Crippen molar-refractivity contribution in [1.29, 1.82) is 0 Å². The van der Waals surface area contributed by atoms with Gasteiger partial charge in [-0.25, -0.2) is 9.67 Å². The van der Waals surface area contributed by atoms with Crippen LogP contribution < -0.4 is 4.90 Å². The predicted molar refractivity (Wildman–Crippen MR) is 109 cm³/mol. The number of amides is 1. The average Bonchev–Trinajstić information content (AvgIpc) is 3.52. The molecule has 1 fully saturated rings. The van der Waals surface area contributed by atoms with E-state index in [2.05, 4.69) is 35.4 Å². The molecular formula is C20H19N9O. The van der Waals surface area contributed by atoms with Gasteiger partial charge in [-0.3, -0.25) is 9.89 Å². The highest BCUT2D eigenvalue weighted by Gasteiger charge is 2.24. The zero-order valence-corrected chi connectivity index (χ0v) is 16.1. The van der Waals surface area contributed by atoms with E-state index in [0.29, 0.717) is 37.7 Å². The fourth-order valence-corrected chi connectivity index (χ4v) is 3.43. The lowest BCUT2D eigenvalue weighted by atomic mass is 10.1. The summed E-state index contributed by atoms with van der Waals surface area (Å²) in [6.07, 6.45) is 3.03. The smallest absolute Gasteiger partial charge is 0.272 e. The molecule has 0 aliphatic carbocycles. The van der Waals surface area contributed by atoms with E-state index >= 15 is 0 Å². The van der Waals surface area contributed by atoms with Crippen LogP contribution in [0.2, 0.25) is 0 Å². The monoisotopic (exact) mass is 401 g/mol. The number of carbonyl (C=O) groups excluding carboxylic acids is 1. The molecule has 0 bridgehead atoms. The van der Waals surface area contributed by atoms with Gasteiger partial charge >= 0.3 is 0 Å².